The van der Waals surface area contributed by atoms with Gasteiger partial charge in [0.15, 0.2) is 11.5 Å². The van der Waals surface area contributed by atoms with Crippen molar-refractivity contribution >= 4 is 0 Å². The quantitative estimate of drug-likeness (QED) is 0.569. The van der Waals surface area contributed by atoms with Crippen LogP contribution in [0.1, 0.15) is 22.4 Å². The summed E-state index contributed by atoms with van der Waals surface area (Å²) < 4.78 is 38.3. The number of aromatic hydroxyl groups is 2. The number of nitrogens with one attached hydrogen (secondary N) is 1. The molecule has 0 amide bonds. The van der Waals surface area contributed by atoms with Crippen molar-refractivity contribution in [2.24, 2.45) is 0 Å². The molecule has 1 aromatic heterocycles. The van der Waals surface area contributed by atoms with Gasteiger partial charge in [0.05, 0.1) is 11.3 Å². The van der Waals surface area contributed by atoms with Gasteiger partial charge in [0, 0.05) is 36.3 Å². The third-order valence-corrected chi connectivity index (χ3v) is 5.13. The first-order valence-electron chi connectivity index (χ1n) is 9.24. The Morgan fingerprint density at radius 1 is 1.10 bits per heavy atom. The molecule has 0 saturated carbocycles. The lowest BCUT2D eigenvalue weighted by Gasteiger charge is -2.28. The fourth-order valence-corrected chi connectivity index (χ4v) is 3.53. The second kappa shape index (κ2) is 7.49. The number of nitrogens with zero attached hydrogens (tertiary/aromatic N) is 2. The number of phenolic OH excluding ortho intramolecular Hbond substituents is 2. The first-order valence-corrected chi connectivity index (χ1v) is 9.24. The highest BCUT2D eigenvalue weighted by Gasteiger charge is 2.30. The summed E-state index contributed by atoms with van der Waals surface area (Å²) in [5, 5.41) is 19.7. The number of alkyl halides is 3. The number of hydrogen-bond donors (Lipinski definition) is 3. The molecule has 3 N–H and O–H groups in total. The highest BCUT2D eigenvalue weighted by atomic mass is 19.4. The van der Waals surface area contributed by atoms with Gasteiger partial charge in [0.1, 0.15) is 5.82 Å². The van der Waals surface area contributed by atoms with E-state index in [1.807, 2.05) is 4.90 Å². The molecule has 9 heteroatoms. The van der Waals surface area contributed by atoms with Gasteiger partial charge in [-0.15, -0.1) is 0 Å². The second-order valence-electron chi connectivity index (χ2n) is 7.16. The van der Waals surface area contributed by atoms with Crippen LogP contribution < -0.4 is 5.56 Å². The number of H-pyrrole nitrogens is 1. The molecule has 1 aliphatic rings. The van der Waals surface area contributed by atoms with E-state index in [9.17, 15) is 28.2 Å². The third kappa shape index (κ3) is 3.88. The molecule has 0 saturated heterocycles. The summed E-state index contributed by atoms with van der Waals surface area (Å²) in [5.74, 6) is -0.189. The van der Waals surface area contributed by atoms with Crippen molar-refractivity contribution in [2.45, 2.75) is 25.7 Å². The standard InChI is InChI=1S/C21H18F3N3O3/c22-21(23,24)14-6-4-12(5-7-14)19-25-16-11-27(9-8-15(16)20(30)26-19)10-13-2-1-3-17(28)18(13)29/h1-7,28-29H,8-11H2,(H,25,26,30). The fraction of sp³-hybridized carbons (Fsp3) is 0.238. The van der Waals surface area contributed by atoms with Crippen LogP contribution in [-0.2, 0) is 25.7 Å². The summed E-state index contributed by atoms with van der Waals surface area (Å²) in [6.45, 7) is 1.25. The van der Waals surface area contributed by atoms with Gasteiger partial charge in [-0.2, -0.15) is 13.2 Å². The van der Waals surface area contributed by atoms with Gasteiger partial charge >= 0.3 is 6.18 Å². The van der Waals surface area contributed by atoms with E-state index in [0.29, 0.717) is 48.4 Å². The number of benzene rings is 2. The molecule has 0 unspecified atom stereocenters. The molecule has 2 heterocycles. The van der Waals surface area contributed by atoms with Gasteiger partial charge in [-0.25, -0.2) is 4.98 Å². The average molecular weight is 417 g/mol. The van der Waals surface area contributed by atoms with E-state index in [-0.39, 0.29) is 22.9 Å². The Morgan fingerprint density at radius 3 is 2.53 bits per heavy atom. The number of para-hydroxylation sites is 1. The highest BCUT2D eigenvalue weighted by molar-refractivity contribution is 5.56. The molecule has 0 fully saturated rings. The second-order valence-corrected chi connectivity index (χ2v) is 7.16. The molecule has 4 rings (SSSR count). The van der Waals surface area contributed by atoms with E-state index in [2.05, 4.69) is 9.97 Å². The van der Waals surface area contributed by atoms with Crippen molar-refractivity contribution in [3.63, 3.8) is 0 Å². The third-order valence-electron chi connectivity index (χ3n) is 5.13. The molecule has 0 aliphatic carbocycles. The number of rotatable bonds is 3. The summed E-state index contributed by atoms with van der Waals surface area (Å²) in [4.78, 5) is 21.6. The van der Waals surface area contributed by atoms with Crippen molar-refractivity contribution in [1.29, 1.82) is 0 Å². The summed E-state index contributed by atoms with van der Waals surface area (Å²) in [7, 11) is 0. The highest BCUT2D eigenvalue weighted by Crippen LogP contribution is 2.31. The first kappa shape index (κ1) is 20.0. The van der Waals surface area contributed by atoms with E-state index < -0.39 is 11.7 Å². The monoisotopic (exact) mass is 417 g/mol. The van der Waals surface area contributed by atoms with Crippen molar-refractivity contribution in [3.8, 4) is 22.9 Å². The van der Waals surface area contributed by atoms with Crippen LogP contribution in [0.15, 0.2) is 47.3 Å². The van der Waals surface area contributed by atoms with Crippen LogP contribution in [0.25, 0.3) is 11.4 Å². The zero-order chi connectivity index (χ0) is 21.5. The van der Waals surface area contributed by atoms with E-state index in [0.717, 1.165) is 12.1 Å². The van der Waals surface area contributed by atoms with Gasteiger partial charge in [-0.05, 0) is 24.6 Å². The van der Waals surface area contributed by atoms with Gasteiger partial charge in [0.2, 0.25) is 0 Å². The molecule has 2 aromatic carbocycles. The van der Waals surface area contributed by atoms with Gasteiger partial charge in [-0.1, -0.05) is 24.3 Å². The maximum Gasteiger partial charge on any atom is 0.416 e. The normalized spacial score (nSPS) is 14.5. The molecule has 6 nitrogen and oxygen atoms in total. The molecule has 0 bridgehead atoms. The van der Waals surface area contributed by atoms with E-state index in [4.69, 9.17) is 0 Å². The fourth-order valence-electron chi connectivity index (χ4n) is 3.53. The van der Waals surface area contributed by atoms with Crippen LogP contribution >= 0.6 is 0 Å². The molecular formula is C21H18F3N3O3. The van der Waals surface area contributed by atoms with Gasteiger partial charge in [0.25, 0.3) is 5.56 Å². The smallest absolute Gasteiger partial charge is 0.416 e. The summed E-state index contributed by atoms with van der Waals surface area (Å²) in [6.07, 6.45) is -3.99. The average Bonchev–Trinajstić information content (AvgIpc) is 2.70. The van der Waals surface area contributed by atoms with Crippen LogP contribution in [-0.4, -0.2) is 31.6 Å². The predicted octanol–water partition coefficient (Wildman–Crippen LogP) is 3.43. The molecule has 0 radical (unpaired) electrons. The molecule has 0 atom stereocenters. The topological polar surface area (TPSA) is 89.5 Å². The molecule has 156 valence electrons. The minimum absolute atomic E-state index is 0.187. The lowest BCUT2D eigenvalue weighted by atomic mass is 10.0. The number of fused-ring (bicyclic) bond motifs is 1. The summed E-state index contributed by atoms with van der Waals surface area (Å²) >= 11 is 0. The SMILES string of the molecule is O=c1[nH]c(-c2ccc(C(F)(F)F)cc2)nc2c1CCN(Cc1cccc(O)c1O)C2. The minimum atomic E-state index is -4.44. The number of aromatic amines is 1. The number of aromatic nitrogens is 2. The Kier molecular flexibility index (Phi) is 4.98. The van der Waals surface area contributed by atoms with Crippen molar-refractivity contribution in [3.05, 3.63) is 75.2 Å². The molecule has 1 aliphatic heterocycles. The predicted molar refractivity (Wildman–Crippen MR) is 103 cm³/mol. The number of phenols is 2. The van der Waals surface area contributed by atoms with Crippen LogP contribution in [0.2, 0.25) is 0 Å². The number of halogens is 3. The lowest BCUT2D eigenvalue weighted by molar-refractivity contribution is -0.137. The Balaban J connectivity index is 1.60. The van der Waals surface area contributed by atoms with Crippen LogP contribution in [0.3, 0.4) is 0 Å². The van der Waals surface area contributed by atoms with E-state index in [1.54, 1.807) is 12.1 Å². The molecular weight excluding hydrogens is 399 g/mol. The van der Waals surface area contributed by atoms with Gasteiger partial charge < -0.3 is 15.2 Å². The molecule has 0 spiro atoms. The van der Waals surface area contributed by atoms with Crippen molar-refractivity contribution in [1.82, 2.24) is 14.9 Å². The number of hydrogen-bond acceptors (Lipinski definition) is 5. The lowest BCUT2D eigenvalue weighted by Crippen LogP contribution is -2.35. The molecule has 3 aromatic rings. The summed E-state index contributed by atoms with van der Waals surface area (Å²) in [5.41, 5.74) is 0.928. The van der Waals surface area contributed by atoms with Gasteiger partial charge in [-0.3, -0.25) is 9.69 Å². The maximum atomic E-state index is 12.8. The zero-order valence-corrected chi connectivity index (χ0v) is 15.7. The Bertz CT molecular complexity index is 1140. The van der Waals surface area contributed by atoms with Crippen molar-refractivity contribution < 1.29 is 23.4 Å². The maximum absolute atomic E-state index is 12.8. The first-order chi connectivity index (χ1) is 14.2. The zero-order valence-electron chi connectivity index (χ0n) is 15.7. The van der Waals surface area contributed by atoms with Crippen LogP contribution in [0.5, 0.6) is 11.5 Å². The van der Waals surface area contributed by atoms with Crippen molar-refractivity contribution in [2.75, 3.05) is 6.54 Å². The summed E-state index contributed by atoms with van der Waals surface area (Å²) in [6, 6.07) is 9.17. The Hall–Kier alpha value is -3.33. The molecule has 30 heavy (non-hydrogen) atoms. The van der Waals surface area contributed by atoms with Crippen LogP contribution in [0, 0.1) is 0 Å². The van der Waals surface area contributed by atoms with Crippen LogP contribution in [0.4, 0.5) is 13.2 Å². The minimum Gasteiger partial charge on any atom is -0.504 e. The van der Waals surface area contributed by atoms with E-state index >= 15 is 0 Å². The Labute approximate surface area is 169 Å². The largest absolute Gasteiger partial charge is 0.504 e. The van der Waals surface area contributed by atoms with E-state index in [1.165, 1.54) is 18.2 Å². The Morgan fingerprint density at radius 2 is 1.83 bits per heavy atom.